The van der Waals surface area contributed by atoms with Gasteiger partial charge in [0, 0.05) is 21.0 Å². The Morgan fingerprint density at radius 1 is 1.11 bits per heavy atom. The van der Waals surface area contributed by atoms with Crippen LogP contribution in [0.1, 0.15) is 91.8 Å². The van der Waals surface area contributed by atoms with E-state index in [4.69, 9.17) is 20.9 Å². The van der Waals surface area contributed by atoms with E-state index in [0.29, 0.717) is 38.0 Å². The molecule has 0 amide bonds. The number of benzene rings is 1. The van der Waals surface area contributed by atoms with Crippen LogP contribution in [0.15, 0.2) is 28.8 Å². The highest BCUT2D eigenvalue weighted by Crippen LogP contribution is 2.43. The highest BCUT2D eigenvalue weighted by Gasteiger charge is 2.34. The number of thiophene rings is 1. The molecule has 0 spiro atoms. The van der Waals surface area contributed by atoms with Gasteiger partial charge in [0.05, 0.1) is 44.3 Å². The highest BCUT2D eigenvalue weighted by molar-refractivity contribution is 7.84. The molecule has 0 saturated carbocycles. The van der Waals surface area contributed by atoms with Gasteiger partial charge >= 0.3 is 5.97 Å². The first-order valence-electron chi connectivity index (χ1n) is 12.3. The van der Waals surface area contributed by atoms with Gasteiger partial charge in [0.2, 0.25) is 0 Å². The zero-order chi connectivity index (χ0) is 28.6. The fraction of sp³-hybridized carbons (Fsp3) is 0.464. The standard InChI is InChI=1S/C28H35ClN2O5S2/c1-15-17(3)37-26(22(15)24(33)18-10-12-19(29)13-11-18)23-16(2)30-36-25(23)20(31-38(34)28(7,8)9)14-21(32)35-27(4,5)6/h10-13,20,31H,14H2,1-9H3/t20-,38-/m0/s1. The van der Waals surface area contributed by atoms with Gasteiger partial charge in [0.15, 0.2) is 11.5 Å². The first kappa shape index (κ1) is 30.2. The molecule has 3 rings (SSSR count). The number of hydrogen-bond acceptors (Lipinski definition) is 7. The lowest BCUT2D eigenvalue weighted by Crippen LogP contribution is -2.37. The normalized spacial score (nSPS) is 13.8. The maximum Gasteiger partial charge on any atom is 0.308 e. The van der Waals surface area contributed by atoms with Crippen LogP contribution in [0.25, 0.3) is 10.4 Å². The molecule has 0 aliphatic heterocycles. The number of carbonyl (C=O) groups is 2. The van der Waals surface area contributed by atoms with Crippen LogP contribution < -0.4 is 4.72 Å². The summed E-state index contributed by atoms with van der Waals surface area (Å²) in [5, 5.41) is 4.74. The van der Waals surface area contributed by atoms with Crippen molar-refractivity contribution < 1.29 is 23.1 Å². The Morgan fingerprint density at radius 2 is 1.71 bits per heavy atom. The molecule has 0 saturated heterocycles. The van der Waals surface area contributed by atoms with E-state index in [0.717, 1.165) is 10.4 Å². The number of rotatable bonds is 8. The molecule has 0 radical (unpaired) electrons. The second-order valence-corrected chi connectivity index (χ2v) is 14.8. The summed E-state index contributed by atoms with van der Waals surface area (Å²) < 4.78 is 26.9. The lowest BCUT2D eigenvalue weighted by molar-refractivity contribution is -0.155. The molecule has 2 aromatic heterocycles. The minimum absolute atomic E-state index is 0.134. The van der Waals surface area contributed by atoms with Crippen LogP contribution in [-0.2, 0) is 20.5 Å². The maximum absolute atomic E-state index is 13.7. The Hall–Kier alpha value is -2.33. The molecule has 0 unspecified atom stereocenters. The second kappa shape index (κ2) is 11.4. The third-order valence-corrected chi connectivity index (χ3v) is 8.84. The van der Waals surface area contributed by atoms with Crippen LogP contribution in [0.3, 0.4) is 0 Å². The molecular formula is C28H35ClN2O5S2. The summed E-state index contributed by atoms with van der Waals surface area (Å²) in [6, 6.07) is 5.95. The lowest BCUT2D eigenvalue weighted by atomic mass is 9.95. The molecular weight excluding hydrogens is 544 g/mol. The number of aromatic nitrogens is 1. The van der Waals surface area contributed by atoms with E-state index in [1.165, 1.54) is 11.3 Å². The second-order valence-electron chi connectivity index (χ2n) is 11.2. The Kier molecular flexibility index (Phi) is 9.08. The Labute approximate surface area is 235 Å². The summed E-state index contributed by atoms with van der Waals surface area (Å²) in [5.41, 5.74) is 2.37. The topological polar surface area (TPSA) is 98.5 Å². The molecule has 0 aliphatic rings. The molecule has 2 atom stereocenters. The maximum atomic E-state index is 13.7. The van der Waals surface area contributed by atoms with Crippen LogP contribution in [0, 0.1) is 20.8 Å². The molecule has 7 nitrogen and oxygen atoms in total. The number of halogens is 1. The average molecular weight is 579 g/mol. The Bertz CT molecular complexity index is 1360. The van der Waals surface area contributed by atoms with Crippen molar-refractivity contribution in [2.45, 2.75) is 85.1 Å². The largest absolute Gasteiger partial charge is 0.460 e. The Morgan fingerprint density at radius 3 is 2.26 bits per heavy atom. The van der Waals surface area contributed by atoms with E-state index in [1.807, 2.05) is 34.6 Å². The molecule has 0 bridgehead atoms. The summed E-state index contributed by atoms with van der Waals surface area (Å²) >= 11 is 7.50. The highest BCUT2D eigenvalue weighted by atomic mass is 35.5. The fourth-order valence-electron chi connectivity index (χ4n) is 3.77. The van der Waals surface area contributed by atoms with Crippen molar-refractivity contribution in [1.29, 1.82) is 0 Å². The molecule has 1 N–H and O–H groups in total. The van der Waals surface area contributed by atoms with E-state index in [9.17, 15) is 13.8 Å². The zero-order valence-corrected chi connectivity index (χ0v) is 25.7. The van der Waals surface area contributed by atoms with Gasteiger partial charge in [-0.05, 0) is 92.1 Å². The number of esters is 1. The lowest BCUT2D eigenvalue weighted by Gasteiger charge is -2.25. The van der Waals surface area contributed by atoms with Crippen LogP contribution >= 0.6 is 22.9 Å². The predicted octanol–water partition coefficient (Wildman–Crippen LogP) is 7.04. The van der Waals surface area contributed by atoms with Crippen LogP contribution in [0.2, 0.25) is 5.02 Å². The molecule has 0 fully saturated rings. The van der Waals surface area contributed by atoms with Gasteiger partial charge in [-0.2, -0.15) is 0 Å². The quantitative estimate of drug-likeness (QED) is 0.227. The van der Waals surface area contributed by atoms with E-state index < -0.39 is 33.3 Å². The van der Waals surface area contributed by atoms with Gasteiger partial charge in [0.25, 0.3) is 0 Å². The molecule has 38 heavy (non-hydrogen) atoms. The first-order chi connectivity index (χ1) is 17.5. The number of hydrogen-bond donors (Lipinski definition) is 1. The number of aryl methyl sites for hydroxylation is 2. The molecule has 10 heteroatoms. The van der Waals surface area contributed by atoms with Crippen molar-refractivity contribution in [3.8, 4) is 10.4 Å². The van der Waals surface area contributed by atoms with E-state index in [-0.39, 0.29) is 12.2 Å². The van der Waals surface area contributed by atoms with E-state index in [1.54, 1.807) is 52.0 Å². The van der Waals surface area contributed by atoms with Crippen LogP contribution in [0.5, 0.6) is 0 Å². The minimum atomic E-state index is -1.53. The van der Waals surface area contributed by atoms with Crippen LogP contribution in [-0.4, -0.2) is 31.5 Å². The predicted molar refractivity (Wildman–Crippen MR) is 153 cm³/mol. The third-order valence-electron chi connectivity index (χ3n) is 5.75. The van der Waals surface area contributed by atoms with Gasteiger partial charge in [-0.15, -0.1) is 11.3 Å². The Balaban J connectivity index is 2.15. The SMILES string of the molecule is Cc1noc([C@H](CC(=O)OC(C)(C)C)N[S@@](=O)C(C)(C)C)c1-c1sc(C)c(C)c1C(=O)c1ccc(Cl)cc1. The number of nitrogens with zero attached hydrogens (tertiary/aromatic N) is 1. The summed E-state index contributed by atoms with van der Waals surface area (Å²) in [5.74, 6) is -0.297. The average Bonchev–Trinajstić information content (AvgIpc) is 3.30. The van der Waals surface area contributed by atoms with Crippen molar-refractivity contribution in [2.24, 2.45) is 0 Å². The minimum Gasteiger partial charge on any atom is -0.460 e. The van der Waals surface area contributed by atoms with Crippen molar-refractivity contribution >= 4 is 45.7 Å². The molecule has 3 aromatic rings. The van der Waals surface area contributed by atoms with Gasteiger partial charge < -0.3 is 9.26 Å². The number of nitrogens with one attached hydrogen (secondary N) is 1. The monoisotopic (exact) mass is 578 g/mol. The van der Waals surface area contributed by atoms with Gasteiger partial charge in [-0.3, -0.25) is 9.59 Å². The summed E-state index contributed by atoms with van der Waals surface area (Å²) in [6.07, 6.45) is -0.134. The third kappa shape index (κ3) is 7.00. The first-order valence-corrected chi connectivity index (χ1v) is 14.6. The summed E-state index contributed by atoms with van der Waals surface area (Å²) in [4.78, 5) is 28.3. The summed E-state index contributed by atoms with van der Waals surface area (Å²) in [7, 11) is -1.53. The smallest absolute Gasteiger partial charge is 0.308 e. The van der Waals surface area contributed by atoms with Crippen molar-refractivity contribution in [1.82, 2.24) is 9.88 Å². The van der Waals surface area contributed by atoms with Crippen molar-refractivity contribution in [3.05, 3.63) is 62.3 Å². The number of carbonyl (C=O) groups excluding carboxylic acids is 2. The van der Waals surface area contributed by atoms with Gasteiger partial charge in [-0.25, -0.2) is 8.93 Å². The van der Waals surface area contributed by atoms with Gasteiger partial charge in [-0.1, -0.05) is 16.8 Å². The van der Waals surface area contributed by atoms with Crippen molar-refractivity contribution in [2.75, 3.05) is 0 Å². The van der Waals surface area contributed by atoms with Crippen LogP contribution in [0.4, 0.5) is 0 Å². The molecule has 206 valence electrons. The van der Waals surface area contributed by atoms with Crippen molar-refractivity contribution in [3.63, 3.8) is 0 Å². The summed E-state index contributed by atoms with van der Waals surface area (Å²) in [6.45, 7) is 16.5. The number of ketones is 1. The molecule has 0 aliphatic carbocycles. The fourth-order valence-corrected chi connectivity index (χ4v) is 5.95. The number of ether oxygens (including phenoxy) is 1. The molecule has 2 heterocycles. The van der Waals surface area contributed by atoms with E-state index in [2.05, 4.69) is 9.88 Å². The van der Waals surface area contributed by atoms with Gasteiger partial charge in [0.1, 0.15) is 5.60 Å². The van der Waals surface area contributed by atoms with E-state index >= 15 is 0 Å². The molecule has 1 aromatic carbocycles. The zero-order valence-electron chi connectivity index (χ0n) is 23.3.